The van der Waals surface area contributed by atoms with E-state index < -0.39 is 0 Å². The summed E-state index contributed by atoms with van der Waals surface area (Å²) >= 11 is 0. The molecule has 1 aromatic rings. The van der Waals surface area contributed by atoms with Crippen molar-refractivity contribution in [3.8, 4) is 11.8 Å². The van der Waals surface area contributed by atoms with Crippen molar-refractivity contribution in [2.24, 2.45) is 0 Å². The van der Waals surface area contributed by atoms with Crippen molar-refractivity contribution >= 4 is 5.97 Å². The van der Waals surface area contributed by atoms with Gasteiger partial charge in [0, 0.05) is 0 Å². The largest absolute Gasteiger partial charge is 0.466 e. The summed E-state index contributed by atoms with van der Waals surface area (Å²) in [5.41, 5.74) is 1.75. The Morgan fingerprint density at radius 2 is 2.28 bits per heavy atom. The quantitative estimate of drug-likeness (QED) is 0.640. The molecule has 0 fully saturated rings. The first-order chi connectivity index (χ1) is 8.71. The van der Waals surface area contributed by atoms with Crippen LogP contribution >= 0.6 is 0 Å². The van der Waals surface area contributed by atoms with Crippen molar-refractivity contribution in [3.63, 3.8) is 0 Å². The number of rotatable bonds is 5. The Morgan fingerprint density at radius 3 is 2.89 bits per heavy atom. The SMILES string of the molecule is CC#CC(CC(=O)OCC)c1cccc(CO)c1. The van der Waals surface area contributed by atoms with E-state index in [1.54, 1.807) is 13.8 Å². The first kappa shape index (κ1) is 14.3. The van der Waals surface area contributed by atoms with E-state index in [1.165, 1.54) is 0 Å². The van der Waals surface area contributed by atoms with Gasteiger partial charge in [-0.3, -0.25) is 4.79 Å². The minimum absolute atomic E-state index is 0.0144. The van der Waals surface area contributed by atoms with Gasteiger partial charge in [0.15, 0.2) is 0 Å². The highest BCUT2D eigenvalue weighted by Crippen LogP contribution is 2.21. The van der Waals surface area contributed by atoms with Gasteiger partial charge in [-0.1, -0.05) is 30.2 Å². The van der Waals surface area contributed by atoms with Crippen molar-refractivity contribution in [3.05, 3.63) is 35.4 Å². The topological polar surface area (TPSA) is 46.5 Å². The highest BCUT2D eigenvalue weighted by Gasteiger charge is 2.14. The first-order valence-electron chi connectivity index (χ1n) is 5.98. The number of benzene rings is 1. The van der Waals surface area contributed by atoms with E-state index in [2.05, 4.69) is 11.8 Å². The van der Waals surface area contributed by atoms with Crippen molar-refractivity contribution in [1.82, 2.24) is 0 Å². The number of esters is 1. The van der Waals surface area contributed by atoms with E-state index in [-0.39, 0.29) is 24.9 Å². The van der Waals surface area contributed by atoms with Crippen molar-refractivity contribution < 1.29 is 14.6 Å². The maximum atomic E-state index is 11.5. The Labute approximate surface area is 108 Å². The molecular weight excluding hydrogens is 228 g/mol. The van der Waals surface area contributed by atoms with Gasteiger partial charge in [0.05, 0.1) is 25.6 Å². The molecule has 3 nitrogen and oxygen atoms in total. The van der Waals surface area contributed by atoms with Gasteiger partial charge in [0.25, 0.3) is 0 Å². The fourth-order valence-corrected chi connectivity index (χ4v) is 1.72. The number of carbonyl (C=O) groups is 1. The molecule has 0 aliphatic carbocycles. The molecule has 0 aliphatic heterocycles. The van der Waals surface area contributed by atoms with E-state index in [0.717, 1.165) is 11.1 Å². The zero-order valence-electron chi connectivity index (χ0n) is 10.8. The molecule has 1 atom stereocenters. The highest BCUT2D eigenvalue weighted by atomic mass is 16.5. The molecule has 1 N–H and O–H groups in total. The van der Waals surface area contributed by atoms with E-state index in [9.17, 15) is 4.79 Å². The monoisotopic (exact) mass is 246 g/mol. The molecule has 1 unspecified atom stereocenters. The van der Waals surface area contributed by atoms with Crippen molar-refractivity contribution in [2.45, 2.75) is 32.8 Å². The zero-order valence-corrected chi connectivity index (χ0v) is 10.8. The minimum atomic E-state index is -0.250. The molecule has 1 rings (SSSR count). The van der Waals surface area contributed by atoms with Crippen LogP contribution in [0.4, 0.5) is 0 Å². The normalized spacial score (nSPS) is 11.3. The lowest BCUT2D eigenvalue weighted by atomic mass is 9.95. The third kappa shape index (κ3) is 4.23. The van der Waals surface area contributed by atoms with E-state index in [0.29, 0.717) is 6.61 Å². The Morgan fingerprint density at radius 1 is 1.50 bits per heavy atom. The molecule has 3 heteroatoms. The summed E-state index contributed by atoms with van der Waals surface area (Å²) in [5, 5.41) is 9.11. The molecule has 0 amide bonds. The Hall–Kier alpha value is -1.79. The fraction of sp³-hybridized carbons (Fsp3) is 0.400. The smallest absolute Gasteiger partial charge is 0.307 e. The second kappa shape index (κ2) is 7.52. The number of carbonyl (C=O) groups excluding carboxylic acids is 1. The molecule has 18 heavy (non-hydrogen) atoms. The Bertz CT molecular complexity index is 454. The van der Waals surface area contributed by atoms with E-state index in [1.807, 2.05) is 24.3 Å². The molecule has 0 saturated heterocycles. The summed E-state index contributed by atoms with van der Waals surface area (Å²) < 4.78 is 4.94. The Kier molecular flexibility index (Phi) is 5.96. The lowest BCUT2D eigenvalue weighted by Crippen LogP contribution is -2.09. The second-order valence-electron chi connectivity index (χ2n) is 3.86. The van der Waals surface area contributed by atoms with Crippen LogP contribution in [0.5, 0.6) is 0 Å². The van der Waals surface area contributed by atoms with Crippen LogP contribution in [0.1, 0.15) is 37.3 Å². The van der Waals surface area contributed by atoms with E-state index >= 15 is 0 Å². The van der Waals surface area contributed by atoms with Gasteiger partial charge < -0.3 is 9.84 Å². The summed E-state index contributed by atoms with van der Waals surface area (Å²) in [6, 6.07) is 7.47. The summed E-state index contributed by atoms with van der Waals surface area (Å²) in [6.07, 6.45) is 0.240. The molecule has 1 aromatic carbocycles. The van der Waals surface area contributed by atoms with Crippen molar-refractivity contribution in [1.29, 1.82) is 0 Å². The first-order valence-corrected chi connectivity index (χ1v) is 5.98. The predicted molar refractivity (Wildman–Crippen MR) is 69.8 cm³/mol. The van der Waals surface area contributed by atoms with Gasteiger partial charge >= 0.3 is 5.97 Å². The third-order valence-electron chi connectivity index (χ3n) is 2.53. The number of hydrogen-bond donors (Lipinski definition) is 1. The standard InChI is InChI=1S/C15H18O3/c1-3-6-13(10-15(17)18-4-2)14-8-5-7-12(9-14)11-16/h5,7-9,13,16H,4,10-11H2,1-2H3. The molecule has 96 valence electrons. The molecule has 0 aromatic heterocycles. The van der Waals surface area contributed by atoms with Crippen LogP contribution in [0, 0.1) is 11.8 Å². The summed E-state index contributed by atoms with van der Waals surface area (Å²) in [5.74, 6) is 5.41. The van der Waals surface area contributed by atoms with Gasteiger partial charge in [-0.05, 0) is 25.0 Å². The summed E-state index contributed by atoms with van der Waals surface area (Å²) in [4.78, 5) is 11.5. The molecule has 0 aliphatic rings. The third-order valence-corrected chi connectivity index (χ3v) is 2.53. The van der Waals surface area contributed by atoms with Crippen LogP contribution in [0.15, 0.2) is 24.3 Å². The van der Waals surface area contributed by atoms with Gasteiger partial charge in [-0.2, -0.15) is 0 Å². The van der Waals surface area contributed by atoms with Crippen molar-refractivity contribution in [2.75, 3.05) is 6.61 Å². The van der Waals surface area contributed by atoms with Gasteiger partial charge in [0.2, 0.25) is 0 Å². The van der Waals surface area contributed by atoms with Gasteiger partial charge in [-0.15, -0.1) is 5.92 Å². The average molecular weight is 246 g/mol. The zero-order chi connectivity index (χ0) is 13.4. The van der Waals surface area contributed by atoms with Crippen LogP contribution in [-0.4, -0.2) is 17.7 Å². The lowest BCUT2D eigenvalue weighted by Gasteiger charge is -2.11. The molecule has 0 radical (unpaired) electrons. The maximum Gasteiger partial charge on any atom is 0.307 e. The van der Waals surface area contributed by atoms with Gasteiger partial charge in [-0.25, -0.2) is 0 Å². The number of aliphatic hydroxyl groups excluding tert-OH is 1. The van der Waals surface area contributed by atoms with E-state index in [4.69, 9.17) is 9.84 Å². The number of aliphatic hydroxyl groups is 1. The second-order valence-corrected chi connectivity index (χ2v) is 3.86. The van der Waals surface area contributed by atoms with Crippen LogP contribution in [-0.2, 0) is 16.1 Å². The average Bonchev–Trinajstić information content (AvgIpc) is 2.38. The van der Waals surface area contributed by atoms with Crippen LogP contribution < -0.4 is 0 Å². The minimum Gasteiger partial charge on any atom is -0.466 e. The lowest BCUT2D eigenvalue weighted by molar-refractivity contribution is -0.143. The Balaban J connectivity index is 2.88. The van der Waals surface area contributed by atoms with Crippen LogP contribution in [0.2, 0.25) is 0 Å². The fourth-order valence-electron chi connectivity index (χ4n) is 1.72. The van der Waals surface area contributed by atoms with Crippen LogP contribution in [0.25, 0.3) is 0 Å². The maximum absolute atomic E-state index is 11.5. The summed E-state index contributed by atoms with van der Waals surface area (Å²) in [7, 11) is 0. The molecule has 0 spiro atoms. The number of ether oxygens (including phenoxy) is 1. The van der Waals surface area contributed by atoms with Crippen LogP contribution in [0.3, 0.4) is 0 Å². The molecular formula is C15H18O3. The van der Waals surface area contributed by atoms with Gasteiger partial charge in [0.1, 0.15) is 0 Å². The number of hydrogen-bond acceptors (Lipinski definition) is 3. The summed E-state index contributed by atoms with van der Waals surface area (Å²) in [6.45, 7) is 3.89. The molecule has 0 bridgehead atoms. The highest BCUT2D eigenvalue weighted by molar-refractivity contribution is 5.71. The predicted octanol–water partition coefficient (Wildman–Crippen LogP) is 2.24. The molecule has 0 saturated carbocycles. The molecule has 0 heterocycles.